The summed E-state index contributed by atoms with van der Waals surface area (Å²) >= 11 is 6.97. The number of carbonyl (C=O) groups is 1. The number of alkyl halides is 3. The summed E-state index contributed by atoms with van der Waals surface area (Å²) in [6.07, 6.45) is -4.56. The van der Waals surface area contributed by atoms with Crippen LogP contribution in [0.2, 0.25) is 5.02 Å². The Morgan fingerprint density at radius 1 is 1.36 bits per heavy atom. The number of hydrogen-bond donors (Lipinski definition) is 1. The molecule has 25 heavy (non-hydrogen) atoms. The Hall–Kier alpha value is -2.00. The van der Waals surface area contributed by atoms with Gasteiger partial charge in [0.15, 0.2) is 10.9 Å². The molecular formula is C15H11ClF3N3O2S. The first-order valence-electron chi connectivity index (χ1n) is 7.08. The Morgan fingerprint density at radius 3 is 2.64 bits per heavy atom. The van der Waals surface area contributed by atoms with Gasteiger partial charge in [0.2, 0.25) is 0 Å². The van der Waals surface area contributed by atoms with Gasteiger partial charge in [-0.05, 0) is 17.7 Å². The van der Waals surface area contributed by atoms with E-state index >= 15 is 0 Å². The van der Waals surface area contributed by atoms with Crippen molar-refractivity contribution in [1.29, 1.82) is 0 Å². The lowest BCUT2D eigenvalue weighted by Crippen LogP contribution is -2.21. The maximum absolute atomic E-state index is 13.4. The average Bonchev–Trinajstić information content (AvgIpc) is 3.13. The van der Waals surface area contributed by atoms with E-state index in [2.05, 4.69) is 10.1 Å². The summed E-state index contributed by atoms with van der Waals surface area (Å²) in [7, 11) is 0. The third-order valence-corrected chi connectivity index (χ3v) is 4.80. The van der Waals surface area contributed by atoms with Crippen molar-refractivity contribution in [2.24, 2.45) is 4.99 Å². The largest absolute Gasteiger partial charge is 0.481 e. The van der Waals surface area contributed by atoms with Gasteiger partial charge in [-0.3, -0.25) is 9.79 Å². The number of carboxylic acids is 1. The molecule has 2 aromatic rings. The lowest BCUT2D eigenvalue weighted by Gasteiger charge is -2.11. The van der Waals surface area contributed by atoms with Crippen molar-refractivity contribution in [1.82, 2.24) is 9.78 Å². The van der Waals surface area contributed by atoms with Crippen LogP contribution in [0.25, 0.3) is 0 Å². The summed E-state index contributed by atoms with van der Waals surface area (Å²) in [5, 5.41) is 13.2. The second kappa shape index (κ2) is 6.72. The van der Waals surface area contributed by atoms with Gasteiger partial charge < -0.3 is 5.11 Å². The highest BCUT2D eigenvalue weighted by atomic mass is 35.5. The molecule has 0 saturated carbocycles. The quantitative estimate of drug-likeness (QED) is 0.865. The molecule has 0 bridgehead atoms. The van der Waals surface area contributed by atoms with Crippen molar-refractivity contribution in [3.8, 4) is 0 Å². The van der Waals surface area contributed by atoms with Crippen LogP contribution < -0.4 is 0 Å². The molecule has 10 heteroatoms. The van der Waals surface area contributed by atoms with E-state index in [1.165, 1.54) is 0 Å². The van der Waals surface area contributed by atoms with Crippen LogP contribution in [-0.2, 0) is 17.4 Å². The Balaban J connectivity index is 1.96. The highest BCUT2D eigenvalue weighted by Gasteiger charge is 2.40. The highest BCUT2D eigenvalue weighted by Crippen LogP contribution is 2.36. The minimum Gasteiger partial charge on any atom is -0.481 e. The van der Waals surface area contributed by atoms with Crippen LogP contribution >= 0.6 is 23.4 Å². The topological polar surface area (TPSA) is 67.5 Å². The van der Waals surface area contributed by atoms with Crippen molar-refractivity contribution in [3.63, 3.8) is 0 Å². The van der Waals surface area contributed by atoms with E-state index in [9.17, 15) is 18.0 Å². The molecule has 0 spiro atoms. The van der Waals surface area contributed by atoms with Crippen LogP contribution in [0.5, 0.6) is 0 Å². The van der Waals surface area contributed by atoms with Gasteiger partial charge in [0.05, 0.1) is 18.7 Å². The molecule has 3 rings (SSSR count). The van der Waals surface area contributed by atoms with E-state index in [0.29, 0.717) is 15.5 Å². The standard InChI is InChI=1S/C15H11ClF3N3O2S/c16-10-3-1-8(2-4-10)11-7-25-14(21-11)22-13(15(17,18)19)9(6-20-22)5-12(23)24/h1-4,6,11H,5,7H2,(H,23,24). The Kier molecular flexibility index (Phi) is 4.79. The van der Waals surface area contributed by atoms with Gasteiger partial charge in [0, 0.05) is 16.3 Å². The molecule has 1 N–H and O–H groups in total. The highest BCUT2D eigenvalue weighted by molar-refractivity contribution is 8.14. The molecule has 0 saturated heterocycles. The zero-order chi connectivity index (χ0) is 18.2. The Morgan fingerprint density at radius 2 is 2.04 bits per heavy atom. The maximum Gasteiger partial charge on any atom is 0.433 e. The summed E-state index contributed by atoms with van der Waals surface area (Å²) < 4.78 is 40.8. The van der Waals surface area contributed by atoms with E-state index in [4.69, 9.17) is 16.7 Å². The number of thioether (sulfide) groups is 1. The SMILES string of the molecule is O=C(O)Cc1cnn(C2=NC(c3ccc(Cl)cc3)CS2)c1C(F)(F)F. The average molecular weight is 390 g/mol. The van der Waals surface area contributed by atoms with E-state index in [1.54, 1.807) is 24.3 Å². The molecule has 0 aliphatic carbocycles. The van der Waals surface area contributed by atoms with Crippen molar-refractivity contribution in [2.75, 3.05) is 5.75 Å². The number of aliphatic imine (C=N–C) groups is 1. The molecule has 0 radical (unpaired) electrons. The molecule has 1 atom stereocenters. The second-order valence-electron chi connectivity index (χ2n) is 5.29. The molecule has 132 valence electrons. The first kappa shape index (κ1) is 17.8. The summed E-state index contributed by atoms with van der Waals surface area (Å²) in [6.45, 7) is 0. The van der Waals surface area contributed by atoms with Crippen LogP contribution in [0.3, 0.4) is 0 Å². The van der Waals surface area contributed by atoms with Crippen LogP contribution in [0.15, 0.2) is 35.5 Å². The Labute approximate surface area is 149 Å². The number of rotatable bonds is 3. The number of carboxylic acid groups (broad SMARTS) is 1. The lowest BCUT2D eigenvalue weighted by atomic mass is 10.1. The van der Waals surface area contributed by atoms with E-state index in [-0.39, 0.29) is 11.2 Å². The normalized spacial score (nSPS) is 17.6. The van der Waals surface area contributed by atoms with Gasteiger partial charge in [-0.15, -0.1) is 0 Å². The number of aromatic nitrogens is 2. The molecule has 0 amide bonds. The minimum atomic E-state index is -4.73. The van der Waals surface area contributed by atoms with Crippen LogP contribution in [-0.4, -0.2) is 31.8 Å². The second-order valence-corrected chi connectivity index (χ2v) is 6.71. The van der Waals surface area contributed by atoms with Crippen molar-refractivity contribution in [2.45, 2.75) is 18.6 Å². The first-order chi connectivity index (χ1) is 11.8. The smallest absolute Gasteiger partial charge is 0.433 e. The third-order valence-electron chi connectivity index (χ3n) is 3.53. The molecule has 1 aliphatic heterocycles. The number of benzene rings is 1. The monoisotopic (exact) mass is 389 g/mol. The predicted octanol–water partition coefficient (Wildman–Crippen LogP) is 3.87. The van der Waals surface area contributed by atoms with Gasteiger partial charge in [-0.2, -0.15) is 18.3 Å². The fourth-order valence-electron chi connectivity index (χ4n) is 2.45. The number of aliphatic carboxylic acids is 1. The van der Waals surface area contributed by atoms with E-state index in [1.807, 2.05) is 0 Å². The predicted molar refractivity (Wildman–Crippen MR) is 88.1 cm³/mol. The van der Waals surface area contributed by atoms with Gasteiger partial charge in [-0.25, -0.2) is 4.68 Å². The summed E-state index contributed by atoms with van der Waals surface area (Å²) in [5.74, 6) is -0.896. The first-order valence-corrected chi connectivity index (χ1v) is 8.44. The van der Waals surface area contributed by atoms with Gasteiger partial charge >= 0.3 is 12.1 Å². The van der Waals surface area contributed by atoms with Gasteiger partial charge in [-0.1, -0.05) is 35.5 Å². The van der Waals surface area contributed by atoms with E-state index < -0.39 is 29.8 Å². The zero-order valence-electron chi connectivity index (χ0n) is 12.5. The van der Waals surface area contributed by atoms with Crippen molar-refractivity contribution < 1.29 is 23.1 Å². The molecular weight excluding hydrogens is 379 g/mol. The molecule has 1 aromatic heterocycles. The lowest BCUT2D eigenvalue weighted by molar-refractivity contribution is -0.143. The summed E-state index contributed by atoms with van der Waals surface area (Å²) in [4.78, 5) is 15.1. The maximum atomic E-state index is 13.4. The van der Waals surface area contributed by atoms with Crippen LogP contribution in [0.4, 0.5) is 13.2 Å². The molecule has 1 unspecified atom stereocenters. The molecule has 0 fully saturated rings. The van der Waals surface area contributed by atoms with Gasteiger partial charge in [0.1, 0.15) is 0 Å². The van der Waals surface area contributed by atoms with Crippen LogP contribution in [0.1, 0.15) is 22.9 Å². The molecule has 5 nitrogen and oxygen atoms in total. The molecule has 1 aromatic carbocycles. The fourth-order valence-corrected chi connectivity index (χ4v) is 3.62. The minimum absolute atomic E-state index is 0.0870. The summed E-state index contributed by atoms with van der Waals surface area (Å²) in [6, 6.07) is 6.60. The fraction of sp³-hybridized carbons (Fsp3) is 0.267. The van der Waals surface area contributed by atoms with Crippen molar-refractivity contribution in [3.05, 3.63) is 52.3 Å². The van der Waals surface area contributed by atoms with E-state index in [0.717, 1.165) is 23.5 Å². The summed E-state index contributed by atoms with van der Waals surface area (Å²) in [5.41, 5.74) is -0.658. The molecule has 2 heterocycles. The number of nitrogens with zero attached hydrogens (tertiary/aromatic N) is 3. The number of halogens is 4. The van der Waals surface area contributed by atoms with Crippen molar-refractivity contribution >= 4 is 34.5 Å². The third kappa shape index (κ3) is 3.82. The van der Waals surface area contributed by atoms with Gasteiger partial charge in [0.25, 0.3) is 0 Å². The number of hydrogen-bond acceptors (Lipinski definition) is 4. The molecule has 1 aliphatic rings. The Bertz CT molecular complexity index is 834. The zero-order valence-corrected chi connectivity index (χ0v) is 14.1. The van der Waals surface area contributed by atoms with Crippen LogP contribution in [0, 0.1) is 0 Å².